The van der Waals surface area contributed by atoms with E-state index in [1.807, 2.05) is 31.2 Å². The number of aryl methyl sites for hydroxylation is 1. The molecule has 138 valence electrons. The van der Waals surface area contributed by atoms with E-state index >= 15 is 0 Å². The molecule has 1 aromatic heterocycles. The molecule has 0 fully saturated rings. The molecular weight excluding hydrogens is 358 g/mol. The Morgan fingerprint density at radius 3 is 2.78 bits per heavy atom. The van der Waals surface area contributed by atoms with E-state index in [1.54, 1.807) is 6.08 Å². The fraction of sp³-hybridized carbons (Fsp3) is 0.286. The quantitative estimate of drug-likeness (QED) is 0.478. The van der Waals surface area contributed by atoms with Crippen LogP contribution in [0.3, 0.4) is 0 Å². The number of aromatic amines is 1. The Hall–Kier alpha value is -2.60. The number of nitrogens with one attached hydrogen (secondary N) is 2. The Kier molecular flexibility index (Phi) is 4.74. The molecule has 1 atom stereocenters. The predicted molar refractivity (Wildman–Crippen MR) is 108 cm³/mol. The van der Waals surface area contributed by atoms with Gasteiger partial charge in [0, 0.05) is 29.4 Å². The lowest BCUT2D eigenvalue weighted by atomic mass is 9.76. The highest BCUT2D eigenvalue weighted by Crippen LogP contribution is 2.43. The maximum Gasteiger partial charge on any atom is 0.257 e. The number of carbonyl (C=O) groups is 1. The predicted octanol–water partition coefficient (Wildman–Crippen LogP) is 3.92. The average molecular weight is 379 g/mol. The van der Waals surface area contributed by atoms with Crippen molar-refractivity contribution in [1.29, 1.82) is 0 Å². The number of Topliss-reactive ketones (excluding diaryl/α,β-unsaturated/α-hetero) is 1. The minimum absolute atomic E-state index is 0.115. The minimum atomic E-state index is -0.376. The molecule has 1 aromatic carbocycles. The molecule has 0 radical (unpaired) electrons. The first kappa shape index (κ1) is 17.8. The van der Waals surface area contributed by atoms with Crippen LogP contribution in [0.4, 0.5) is 5.82 Å². The van der Waals surface area contributed by atoms with Gasteiger partial charge in [-0.15, -0.1) is 6.58 Å². The molecule has 1 unspecified atom stereocenters. The zero-order chi connectivity index (χ0) is 19.0. The number of anilines is 1. The van der Waals surface area contributed by atoms with E-state index in [2.05, 4.69) is 21.9 Å². The molecule has 4 rings (SSSR count). The van der Waals surface area contributed by atoms with Crippen LogP contribution in [-0.2, 0) is 4.79 Å². The fourth-order valence-electron chi connectivity index (χ4n) is 3.74. The summed E-state index contributed by atoms with van der Waals surface area (Å²) in [5.74, 6) is 0.961. The number of thioether (sulfide) groups is 1. The minimum Gasteiger partial charge on any atom is -0.343 e. The molecule has 6 heteroatoms. The number of rotatable bonds is 4. The molecule has 5 nitrogen and oxygen atoms in total. The second-order valence-corrected chi connectivity index (χ2v) is 7.88. The van der Waals surface area contributed by atoms with Crippen molar-refractivity contribution in [3.05, 3.63) is 75.2 Å². The van der Waals surface area contributed by atoms with Gasteiger partial charge in [0.05, 0.1) is 5.56 Å². The fourth-order valence-corrected chi connectivity index (χ4v) is 4.34. The topological polar surface area (TPSA) is 74.8 Å². The van der Waals surface area contributed by atoms with Gasteiger partial charge in [-0.05, 0) is 25.3 Å². The van der Waals surface area contributed by atoms with Gasteiger partial charge < -0.3 is 10.3 Å². The number of hydrogen-bond acceptors (Lipinski definition) is 5. The number of allylic oxidation sites excluding steroid dienone is 2. The number of hydrogen-bond donors (Lipinski definition) is 2. The van der Waals surface area contributed by atoms with Gasteiger partial charge in [-0.3, -0.25) is 9.59 Å². The summed E-state index contributed by atoms with van der Waals surface area (Å²) in [6.45, 7) is 5.73. The summed E-state index contributed by atoms with van der Waals surface area (Å²) in [5, 5.41) is 3.84. The second-order valence-electron chi connectivity index (χ2n) is 6.87. The van der Waals surface area contributed by atoms with Crippen LogP contribution in [-0.4, -0.2) is 21.5 Å². The highest BCUT2D eigenvalue weighted by Gasteiger charge is 2.37. The van der Waals surface area contributed by atoms with E-state index in [1.165, 1.54) is 11.8 Å². The smallest absolute Gasteiger partial charge is 0.257 e. The zero-order valence-corrected chi connectivity index (χ0v) is 16.0. The second kappa shape index (κ2) is 7.19. The van der Waals surface area contributed by atoms with Gasteiger partial charge in [-0.2, -0.15) is 0 Å². The summed E-state index contributed by atoms with van der Waals surface area (Å²) in [5.41, 5.74) is 4.04. The highest BCUT2D eigenvalue weighted by atomic mass is 32.2. The Morgan fingerprint density at radius 2 is 2.04 bits per heavy atom. The van der Waals surface area contributed by atoms with Crippen LogP contribution >= 0.6 is 11.8 Å². The van der Waals surface area contributed by atoms with E-state index in [0.717, 1.165) is 35.2 Å². The number of nitrogens with zero attached hydrogens (tertiary/aromatic N) is 1. The van der Waals surface area contributed by atoms with Gasteiger partial charge in [-0.1, -0.05) is 47.7 Å². The molecule has 0 saturated carbocycles. The molecule has 2 N–H and O–H groups in total. The molecule has 27 heavy (non-hydrogen) atoms. The van der Waals surface area contributed by atoms with Crippen molar-refractivity contribution < 1.29 is 4.79 Å². The lowest BCUT2D eigenvalue weighted by Crippen LogP contribution is -2.32. The maximum absolute atomic E-state index is 13.0. The Labute approximate surface area is 162 Å². The molecule has 1 aliphatic heterocycles. The third-order valence-electron chi connectivity index (χ3n) is 4.98. The number of carbonyl (C=O) groups excluding carboxylic acids is 1. The maximum atomic E-state index is 13.0. The summed E-state index contributed by atoms with van der Waals surface area (Å²) in [6, 6.07) is 8.03. The SMILES string of the molecule is C=CCSc1nc2c(c(=O)[nH]1)C(c1ccc(C)cc1)C1=C(CCCC1=O)N2. The van der Waals surface area contributed by atoms with Crippen molar-refractivity contribution in [3.63, 3.8) is 0 Å². The van der Waals surface area contributed by atoms with Crippen molar-refractivity contribution in [2.75, 3.05) is 11.1 Å². The van der Waals surface area contributed by atoms with Crippen LogP contribution in [0, 0.1) is 6.92 Å². The van der Waals surface area contributed by atoms with Gasteiger partial charge in [0.1, 0.15) is 5.82 Å². The number of benzene rings is 1. The Balaban J connectivity index is 1.90. The standard InChI is InChI=1S/C21H21N3O2S/c1-3-11-27-21-23-19-18(20(26)24-21)16(13-9-7-12(2)8-10-13)17-14(22-19)5-4-6-15(17)25/h3,7-10,16H,1,4-6,11H2,2H3,(H2,22,23,24,26). The first-order valence-electron chi connectivity index (χ1n) is 9.06. The summed E-state index contributed by atoms with van der Waals surface area (Å²) < 4.78 is 0. The number of aromatic nitrogens is 2. The Morgan fingerprint density at radius 1 is 1.26 bits per heavy atom. The largest absolute Gasteiger partial charge is 0.343 e. The van der Waals surface area contributed by atoms with Crippen molar-refractivity contribution in [2.24, 2.45) is 0 Å². The van der Waals surface area contributed by atoms with Crippen LogP contribution in [0.5, 0.6) is 0 Å². The molecule has 1 aliphatic carbocycles. The van der Waals surface area contributed by atoms with E-state index in [4.69, 9.17) is 0 Å². The number of H-pyrrole nitrogens is 1. The molecule has 0 bridgehead atoms. The zero-order valence-electron chi connectivity index (χ0n) is 15.2. The van der Waals surface area contributed by atoms with Crippen molar-refractivity contribution >= 4 is 23.4 Å². The normalized spacial score (nSPS) is 18.6. The van der Waals surface area contributed by atoms with Gasteiger partial charge >= 0.3 is 0 Å². The molecule has 2 aliphatic rings. The summed E-state index contributed by atoms with van der Waals surface area (Å²) in [6.07, 6.45) is 3.91. The number of fused-ring (bicyclic) bond motifs is 1. The van der Waals surface area contributed by atoms with Crippen LogP contribution < -0.4 is 10.9 Å². The monoisotopic (exact) mass is 379 g/mol. The van der Waals surface area contributed by atoms with Crippen LogP contribution in [0.15, 0.2) is 58.1 Å². The molecular formula is C21H21N3O2S. The van der Waals surface area contributed by atoms with Gasteiger partial charge in [0.2, 0.25) is 0 Å². The average Bonchev–Trinajstić information content (AvgIpc) is 2.65. The van der Waals surface area contributed by atoms with Crippen LogP contribution in [0.25, 0.3) is 0 Å². The Bertz CT molecular complexity index is 1010. The van der Waals surface area contributed by atoms with Crippen molar-refractivity contribution in [3.8, 4) is 0 Å². The number of ketones is 1. The lowest BCUT2D eigenvalue weighted by molar-refractivity contribution is -0.116. The molecule has 0 amide bonds. The van der Waals surface area contributed by atoms with Crippen LogP contribution in [0.2, 0.25) is 0 Å². The third kappa shape index (κ3) is 3.25. The van der Waals surface area contributed by atoms with E-state index in [9.17, 15) is 9.59 Å². The summed E-state index contributed by atoms with van der Waals surface area (Å²) in [4.78, 5) is 33.2. The first-order chi connectivity index (χ1) is 13.1. The van der Waals surface area contributed by atoms with Crippen molar-refractivity contribution in [2.45, 2.75) is 37.3 Å². The highest BCUT2D eigenvalue weighted by molar-refractivity contribution is 7.99. The van der Waals surface area contributed by atoms with E-state index < -0.39 is 0 Å². The molecule has 0 saturated heterocycles. The lowest BCUT2D eigenvalue weighted by Gasteiger charge is -2.32. The van der Waals surface area contributed by atoms with Crippen molar-refractivity contribution in [1.82, 2.24) is 9.97 Å². The van der Waals surface area contributed by atoms with Gasteiger partial charge in [0.15, 0.2) is 10.9 Å². The molecule has 2 aromatic rings. The molecule has 2 heterocycles. The third-order valence-corrected chi connectivity index (χ3v) is 5.85. The van der Waals surface area contributed by atoms with Gasteiger partial charge in [0.25, 0.3) is 5.56 Å². The summed E-state index contributed by atoms with van der Waals surface area (Å²) >= 11 is 1.43. The van der Waals surface area contributed by atoms with E-state index in [-0.39, 0.29) is 17.3 Å². The first-order valence-corrected chi connectivity index (χ1v) is 10.0. The molecule has 0 spiro atoms. The summed E-state index contributed by atoms with van der Waals surface area (Å²) in [7, 11) is 0. The van der Waals surface area contributed by atoms with Crippen LogP contribution in [0.1, 0.15) is 41.9 Å². The van der Waals surface area contributed by atoms with Gasteiger partial charge in [-0.25, -0.2) is 4.98 Å². The van der Waals surface area contributed by atoms with E-state index in [0.29, 0.717) is 28.7 Å².